The zero-order valence-electron chi connectivity index (χ0n) is 4.19. The Hall–Kier alpha value is -0.760. The molecule has 0 atom stereocenters. The minimum atomic E-state index is 0.563. The number of nitrogens with one attached hydrogen (secondary N) is 1. The van der Waals surface area contributed by atoms with Gasteiger partial charge in [-0.1, -0.05) is 11.6 Å². The van der Waals surface area contributed by atoms with Crippen LogP contribution in [0.2, 0.25) is 5.02 Å². The van der Waals surface area contributed by atoms with Gasteiger partial charge in [0.05, 0.1) is 5.69 Å². The van der Waals surface area contributed by atoms with E-state index in [9.17, 15) is 0 Å². The van der Waals surface area contributed by atoms with Crippen LogP contribution in [-0.2, 0) is 0 Å². The second kappa shape index (κ2) is 2.01. The van der Waals surface area contributed by atoms with Gasteiger partial charge in [-0.25, -0.2) is 4.98 Å². The highest BCUT2D eigenvalue weighted by molar-refractivity contribution is 6.32. The predicted octanol–water partition coefficient (Wildman–Crippen LogP) is 0.736. The fourth-order valence-corrected chi connectivity index (χ4v) is 0.548. The molecule has 0 aliphatic carbocycles. The lowest BCUT2D eigenvalue weighted by atomic mass is 10.4. The summed E-state index contributed by atoms with van der Waals surface area (Å²) in [5.41, 5.74) is 5.97. The van der Waals surface area contributed by atoms with Crippen LogP contribution >= 0.6 is 11.6 Å². The third-order valence-electron chi connectivity index (χ3n) is 0.845. The molecule has 1 heterocycles. The molecule has 0 spiro atoms. The number of pyridine rings is 1. The van der Waals surface area contributed by atoms with Gasteiger partial charge in [0.25, 0.3) is 0 Å². The lowest BCUT2D eigenvalue weighted by molar-refractivity contribution is -0.377. The highest BCUT2D eigenvalue weighted by Crippen LogP contribution is 2.12. The lowest BCUT2D eigenvalue weighted by Gasteiger charge is -1.86. The molecule has 0 unspecified atom stereocenters. The Bertz CT molecular complexity index is 167. The summed E-state index contributed by atoms with van der Waals surface area (Å²) in [6, 6.07) is 1.71. The summed E-state index contributed by atoms with van der Waals surface area (Å²) in [7, 11) is 0. The van der Waals surface area contributed by atoms with Gasteiger partial charge in [0, 0.05) is 6.07 Å². The van der Waals surface area contributed by atoms with Gasteiger partial charge >= 0.3 is 0 Å². The van der Waals surface area contributed by atoms with Crippen molar-refractivity contribution >= 4 is 17.3 Å². The number of nitrogens with two attached hydrogens (primary N) is 1. The number of rotatable bonds is 0. The van der Waals surface area contributed by atoms with Crippen LogP contribution < -0.4 is 10.7 Å². The largest absolute Gasteiger partial charge is 0.397 e. The van der Waals surface area contributed by atoms with E-state index in [-0.39, 0.29) is 0 Å². The van der Waals surface area contributed by atoms with Gasteiger partial charge in [-0.3, -0.25) is 0 Å². The Morgan fingerprint density at radius 1 is 1.62 bits per heavy atom. The molecular formula is C5H6ClN2+. The average molecular weight is 130 g/mol. The van der Waals surface area contributed by atoms with Crippen LogP contribution in [0.5, 0.6) is 0 Å². The fourth-order valence-electron chi connectivity index (χ4n) is 0.422. The molecule has 0 aliphatic heterocycles. The predicted molar refractivity (Wildman–Crippen MR) is 32.4 cm³/mol. The number of hydrogen-bond donors (Lipinski definition) is 1. The van der Waals surface area contributed by atoms with Crippen molar-refractivity contribution in [3.8, 4) is 0 Å². The topological polar surface area (TPSA) is 40.2 Å². The smallest absolute Gasteiger partial charge is 0.187 e. The lowest BCUT2D eigenvalue weighted by Crippen LogP contribution is -1.99. The van der Waals surface area contributed by atoms with Crippen molar-refractivity contribution in [1.29, 1.82) is 0 Å². The molecule has 1 rings (SSSR count). The molecule has 1 aromatic rings. The number of aromatic nitrogens is 1. The van der Waals surface area contributed by atoms with E-state index in [4.69, 9.17) is 17.3 Å². The van der Waals surface area contributed by atoms with E-state index in [1.807, 2.05) is 0 Å². The first kappa shape index (κ1) is 5.38. The molecule has 0 saturated heterocycles. The van der Waals surface area contributed by atoms with Crippen LogP contribution in [0.3, 0.4) is 0 Å². The van der Waals surface area contributed by atoms with Crippen LogP contribution in [0, 0.1) is 0 Å². The van der Waals surface area contributed by atoms with E-state index in [0.29, 0.717) is 10.7 Å². The highest BCUT2D eigenvalue weighted by atomic mass is 35.5. The summed E-state index contributed by atoms with van der Waals surface area (Å²) >= 11 is 5.55. The molecule has 8 heavy (non-hydrogen) atoms. The van der Waals surface area contributed by atoms with Crippen molar-refractivity contribution in [2.45, 2.75) is 0 Å². The van der Waals surface area contributed by atoms with E-state index >= 15 is 0 Å². The van der Waals surface area contributed by atoms with E-state index in [1.54, 1.807) is 18.5 Å². The molecule has 1 aromatic heterocycles. The molecule has 0 fully saturated rings. The summed E-state index contributed by atoms with van der Waals surface area (Å²) in [6.07, 6.45) is 3.36. The first-order valence-electron chi connectivity index (χ1n) is 2.22. The van der Waals surface area contributed by atoms with Crippen LogP contribution in [0.15, 0.2) is 18.5 Å². The third kappa shape index (κ3) is 0.898. The number of H-pyrrole nitrogens is 1. The van der Waals surface area contributed by atoms with E-state index in [1.165, 1.54) is 0 Å². The molecule has 42 valence electrons. The molecule has 0 aliphatic rings. The fraction of sp³-hybridized carbons (Fsp3) is 0. The van der Waals surface area contributed by atoms with Crippen LogP contribution in [0.1, 0.15) is 0 Å². The molecule has 3 N–H and O–H groups in total. The van der Waals surface area contributed by atoms with Crippen LogP contribution in [-0.4, -0.2) is 0 Å². The van der Waals surface area contributed by atoms with Crippen molar-refractivity contribution < 1.29 is 4.98 Å². The van der Waals surface area contributed by atoms with Crippen molar-refractivity contribution in [3.63, 3.8) is 0 Å². The van der Waals surface area contributed by atoms with Gasteiger partial charge in [-0.05, 0) is 0 Å². The zero-order chi connectivity index (χ0) is 5.98. The van der Waals surface area contributed by atoms with Gasteiger partial charge in [0.15, 0.2) is 12.4 Å². The van der Waals surface area contributed by atoms with Gasteiger partial charge in [-0.15, -0.1) is 0 Å². The molecule has 3 heteroatoms. The Morgan fingerprint density at radius 2 is 2.38 bits per heavy atom. The first-order chi connectivity index (χ1) is 3.80. The molecular weight excluding hydrogens is 124 g/mol. The Kier molecular flexibility index (Phi) is 1.35. The first-order valence-corrected chi connectivity index (χ1v) is 2.59. The Morgan fingerprint density at radius 3 is 2.75 bits per heavy atom. The van der Waals surface area contributed by atoms with E-state index in [0.717, 1.165) is 0 Å². The molecule has 0 amide bonds. The summed E-state index contributed by atoms with van der Waals surface area (Å²) in [5.74, 6) is 0. The van der Waals surface area contributed by atoms with Crippen molar-refractivity contribution in [2.75, 3.05) is 5.73 Å². The monoisotopic (exact) mass is 129 g/mol. The van der Waals surface area contributed by atoms with E-state index in [2.05, 4.69) is 4.98 Å². The third-order valence-corrected chi connectivity index (χ3v) is 1.17. The Balaban J connectivity index is 3.13. The SMILES string of the molecule is Nc1cc[nH+]cc1Cl. The summed E-state index contributed by atoms with van der Waals surface area (Å²) in [6.45, 7) is 0. The van der Waals surface area contributed by atoms with Crippen LogP contribution in [0.4, 0.5) is 5.69 Å². The summed E-state index contributed by atoms with van der Waals surface area (Å²) < 4.78 is 0. The summed E-state index contributed by atoms with van der Waals surface area (Å²) in [4.78, 5) is 2.79. The Labute approximate surface area is 52.3 Å². The minimum absolute atomic E-state index is 0.563. The average Bonchev–Trinajstić information content (AvgIpc) is 1.77. The highest BCUT2D eigenvalue weighted by Gasteiger charge is 1.93. The summed E-state index contributed by atoms with van der Waals surface area (Å²) in [5, 5.41) is 0.563. The van der Waals surface area contributed by atoms with E-state index < -0.39 is 0 Å². The number of aromatic amines is 1. The van der Waals surface area contributed by atoms with Crippen molar-refractivity contribution in [2.24, 2.45) is 0 Å². The van der Waals surface area contributed by atoms with Gasteiger partial charge < -0.3 is 5.73 Å². The quantitative estimate of drug-likeness (QED) is 0.552. The molecule has 2 nitrogen and oxygen atoms in total. The maximum absolute atomic E-state index is 5.55. The molecule has 0 bridgehead atoms. The zero-order valence-corrected chi connectivity index (χ0v) is 4.94. The van der Waals surface area contributed by atoms with Gasteiger partial charge in [-0.2, -0.15) is 0 Å². The maximum atomic E-state index is 5.55. The number of halogens is 1. The number of nitrogen functional groups attached to an aromatic ring is 1. The minimum Gasteiger partial charge on any atom is -0.397 e. The van der Waals surface area contributed by atoms with Gasteiger partial charge in [0.1, 0.15) is 5.02 Å². The van der Waals surface area contributed by atoms with Crippen LogP contribution in [0.25, 0.3) is 0 Å². The normalized spacial score (nSPS) is 9.12. The second-order valence-corrected chi connectivity index (χ2v) is 1.85. The number of anilines is 1. The molecule has 0 saturated carbocycles. The van der Waals surface area contributed by atoms with Gasteiger partial charge in [0.2, 0.25) is 0 Å². The maximum Gasteiger partial charge on any atom is 0.187 e. The standard InChI is InChI=1S/C5H5ClN2/c6-4-3-8-2-1-5(4)7/h1-3H,(H2,7,8)/p+1. The molecule has 0 aromatic carbocycles. The number of hydrogen-bond acceptors (Lipinski definition) is 1. The molecule has 0 radical (unpaired) electrons. The van der Waals surface area contributed by atoms with Crippen molar-refractivity contribution in [1.82, 2.24) is 0 Å². The second-order valence-electron chi connectivity index (χ2n) is 1.45. The van der Waals surface area contributed by atoms with Crippen molar-refractivity contribution in [3.05, 3.63) is 23.5 Å².